The van der Waals surface area contributed by atoms with E-state index in [0.717, 1.165) is 6.54 Å². The van der Waals surface area contributed by atoms with Gasteiger partial charge in [-0.05, 0) is 23.3 Å². The Morgan fingerprint density at radius 1 is 1.09 bits per heavy atom. The van der Waals surface area contributed by atoms with Gasteiger partial charge in [-0.3, -0.25) is 0 Å². The summed E-state index contributed by atoms with van der Waals surface area (Å²) < 4.78 is 0. The first-order valence-corrected chi connectivity index (χ1v) is 4.43. The van der Waals surface area contributed by atoms with E-state index in [9.17, 15) is 0 Å². The smallest absolute Gasteiger partial charge is 0.00462 e. The van der Waals surface area contributed by atoms with Crippen LogP contribution in [0.5, 0.6) is 0 Å². The molecule has 0 saturated carbocycles. The average Bonchev–Trinajstić information content (AvgIpc) is 1.83. The van der Waals surface area contributed by atoms with Crippen molar-refractivity contribution in [2.24, 2.45) is 22.5 Å². The molecule has 0 aliphatic rings. The molecule has 0 aromatic heterocycles. The van der Waals surface area contributed by atoms with E-state index in [1.54, 1.807) is 0 Å². The molecule has 0 aromatic carbocycles. The van der Waals surface area contributed by atoms with Gasteiger partial charge in [0.05, 0.1) is 0 Å². The highest BCUT2D eigenvalue weighted by atomic mass is 14.6. The van der Waals surface area contributed by atoms with Crippen molar-refractivity contribution in [1.82, 2.24) is 0 Å². The molecule has 0 aliphatic heterocycles. The molecule has 0 aromatic rings. The first-order chi connectivity index (χ1) is 4.73. The van der Waals surface area contributed by atoms with Crippen molar-refractivity contribution < 1.29 is 0 Å². The van der Waals surface area contributed by atoms with Crippen LogP contribution in [0.1, 0.15) is 41.5 Å². The maximum Gasteiger partial charge on any atom is -0.00462 e. The van der Waals surface area contributed by atoms with Gasteiger partial charge in [0.15, 0.2) is 0 Å². The maximum atomic E-state index is 5.65. The zero-order valence-electron chi connectivity index (χ0n) is 8.86. The Bertz CT molecular complexity index is 119. The first-order valence-electron chi connectivity index (χ1n) is 4.43. The van der Waals surface area contributed by atoms with Gasteiger partial charge in [-0.25, -0.2) is 0 Å². The molecule has 0 fully saturated rings. The molecule has 0 spiro atoms. The van der Waals surface area contributed by atoms with Crippen LogP contribution in [0.2, 0.25) is 0 Å². The van der Waals surface area contributed by atoms with E-state index < -0.39 is 0 Å². The topological polar surface area (TPSA) is 26.0 Å². The summed E-state index contributed by atoms with van der Waals surface area (Å²) in [5, 5.41) is 0. The van der Waals surface area contributed by atoms with Crippen molar-refractivity contribution in [3.8, 4) is 0 Å². The molecule has 0 bridgehead atoms. The van der Waals surface area contributed by atoms with Gasteiger partial charge in [0.1, 0.15) is 0 Å². The lowest BCUT2D eigenvalue weighted by Gasteiger charge is -2.43. The summed E-state index contributed by atoms with van der Waals surface area (Å²) in [6.45, 7) is 14.4. The average molecular weight is 157 g/mol. The Balaban J connectivity index is 4.45. The van der Waals surface area contributed by atoms with Crippen LogP contribution in [0.3, 0.4) is 0 Å². The minimum Gasteiger partial charge on any atom is -0.330 e. The minimum atomic E-state index is 0.321. The van der Waals surface area contributed by atoms with Crippen molar-refractivity contribution in [1.29, 1.82) is 0 Å². The second-order valence-electron chi connectivity index (χ2n) is 5.11. The van der Waals surface area contributed by atoms with Crippen LogP contribution < -0.4 is 5.73 Å². The van der Waals surface area contributed by atoms with Gasteiger partial charge < -0.3 is 5.73 Å². The first kappa shape index (κ1) is 11.0. The van der Waals surface area contributed by atoms with E-state index in [0.29, 0.717) is 16.7 Å². The van der Waals surface area contributed by atoms with Gasteiger partial charge in [-0.15, -0.1) is 0 Å². The summed E-state index contributed by atoms with van der Waals surface area (Å²) >= 11 is 0. The van der Waals surface area contributed by atoms with Gasteiger partial charge in [-0.1, -0.05) is 41.5 Å². The molecular formula is C10H23N. The summed E-state index contributed by atoms with van der Waals surface area (Å²) in [4.78, 5) is 0. The molecule has 0 amide bonds. The lowest BCUT2D eigenvalue weighted by atomic mass is 9.63. The van der Waals surface area contributed by atoms with Crippen LogP contribution in [0.4, 0.5) is 0 Å². The van der Waals surface area contributed by atoms with Gasteiger partial charge in [0.2, 0.25) is 0 Å². The normalized spacial score (nSPS) is 16.6. The molecule has 11 heavy (non-hydrogen) atoms. The number of nitrogens with two attached hydrogens (primary N) is 1. The van der Waals surface area contributed by atoms with E-state index in [-0.39, 0.29) is 0 Å². The summed E-state index contributed by atoms with van der Waals surface area (Å²) in [6, 6.07) is 0. The summed E-state index contributed by atoms with van der Waals surface area (Å²) in [5.41, 5.74) is 6.32. The molecular weight excluding hydrogens is 134 g/mol. The fraction of sp³-hybridized carbons (Fsp3) is 1.00. The fourth-order valence-electron chi connectivity index (χ4n) is 1.03. The molecule has 1 unspecified atom stereocenters. The van der Waals surface area contributed by atoms with Gasteiger partial charge >= 0.3 is 0 Å². The van der Waals surface area contributed by atoms with E-state index >= 15 is 0 Å². The van der Waals surface area contributed by atoms with Crippen LogP contribution in [0.15, 0.2) is 0 Å². The largest absolute Gasteiger partial charge is 0.330 e. The van der Waals surface area contributed by atoms with Crippen molar-refractivity contribution >= 4 is 0 Å². The number of hydrogen-bond donors (Lipinski definition) is 1. The molecule has 0 saturated heterocycles. The number of rotatable bonds is 2. The van der Waals surface area contributed by atoms with Gasteiger partial charge in [-0.2, -0.15) is 0 Å². The molecule has 68 valence electrons. The highest BCUT2D eigenvalue weighted by Crippen LogP contribution is 2.43. The Labute approximate surface area is 71.4 Å². The highest BCUT2D eigenvalue weighted by molar-refractivity contribution is 4.86. The third-order valence-electron chi connectivity index (χ3n) is 3.52. The van der Waals surface area contributed by atoms with Crippen molar-refractivity contribution in [2.75, 3.05) is 6.54 Å². The molecule has 1 nitrogen and oxygen atoms in total. The minimum absolute atomic E-state index is 0.321. The SMILES string of the molecule is CC(CN)C(C)(C)C(C)(C)C. The molecule has 0 aliphatic carbocycles. The van der Waals surface area contributed by atoms with Crippen molar-refractivity contribution in [3.63, 3.8) is 0 Å². The standard InChI is InChI=1S/C10H23N/c1-8(7-11)10(5,6)9(2,3)4/h8H,7,11H2,1-6H3. The monoisotopic (exact) mass is 157 g/mol. The van der Waals surface area contributed by atoms with Crippen LogP contribution in [-0.4, -0.2) is 6.54 Å². The second-order valence-corrected chi connectivity index (χ2v) is 5.11. The Morgan fingerprint density at radius 3 is 1.55 bits per heavy atom. The molecule has 2 N–H and O–H groups in total. The van der Waals surface area contributed by atoms with Gasteiger partial charge in [0.25, 0.3) is 0 Å². The lowest BCUT2D eigenvalue weighted by Crippen LogP contribution is -2.39. The second kappa shape index (κ2) is 3.14. The summed E-state index contributed by atoms with van der Waals surface area (Å²) in [5.74, 6) is 0.586. The lowest BCUT2D eigenvalue weighted by molar-refractivity contribution is 0.0684. The van der Waals surface area contributed by atoms with Crippen molar-refractivity contribution in [3.05, 3.63) is 0 Å². The Kier molecular flexibility index (Phi) is 3.13. The molecule has 0 radical (unpaired) electrons. The Hall–Kier alpha value is -0.0400. The van der Waals surface area contributed by atoms with E-state index in [1.165, 1.54) is 0 Å². The van der Waals surface area contributed by atoms with Crippen LogP contribution in [0.25, 0.3) is 0 Å². The maximum absolute atomic E-state index is 5.65. The van der Waals surface area contributed by atoms with Crippen LogP contribution in [0, 0.1) is 16.7 Å². The van der Waals surface area contributed by atoms with Gasteiger partial charge in [0, 0.05) is 0 Å². The van der Waals surface area contributed by atoms with Crippen LogP contribution >= 0.6 is 0 Å². The van der Waals surface area contributed by atoms with E-state index in [1.807, 2.05) is 0 Å². The molecule has 1 atom stereocenters. The van der Waals surface area contributed by atoms with Crippen molar-refractivity contribution in [2.45, 2.75) is 41.5 Å². The fourth-order valence-corrected chi connectivity index (χ4v) is 1.03. The predicted molar refractivity (Wildman–Crippen MR) is 51.5 cm³/mol. The summed E-state index contributed by atoms with van der Waals surface area (Å²) in [7, 11) is 0. The zero-order chi connectivity index (χ0) is 9.28. The quantitative estimate of drug-likeness (QED) is 0.655. The molecule has 1 heteroatoms. The zero-order valence-corrected chi connectivity index (χ0v) is 8.86. The third-order valence-corrected chi connectivity index (χ3v) is 3.52. The Morgan fingerprint density at radius 2 is 1.45 bits per heavy atom. The van der Waals surface area contributed by atoms with E-state index in [4.69, 9.17) is 5.73 Å². The molecule has 0 rings (SSSR count). The van der Waals surface area contributed by atoms with E-state index in [2.05, 4.69) is 41.5 Å². The number of hydrogen-bond acceptors (Lipinski definition) is 1. The van der Waals surface area contributed by atoms with Crippen LogP contribution in [-0.2, 0) is 0 Å². The third kappa shape index (κ3) is 2.19. The molecule has 0 heterocycles. The summed E-state index contributed by atoms with van der Waals surface area (Å²) in [6.07, 6.45) is 0. The highest BCUT2D eigenvalue weighted by Gasteiger charge is 2.36. The predicted octanol–water partition coefficient (Wildman–Crippen LogP) is 2.65.